The van der Waals surface area contributed by atoms with Gasteiger partial charge in [-0.15, -0.1) is 0 Å². The molecular weight excluding hydrogens is 481 g/mol. The summed E-state index contributed by atoms with van der Waals surface area (Å²) in [4.78, 5) is 27.2. The van der Waals surface area contributed by atoms with E-state index in [1.807, 2.05) is 36.4 Å². The van der Waals surface area contributed by atoms with Gasteiger partial charge in [0.15, 0.2) is 5.82 Å². The number of H-pyrrole nitrogens is 1. The van der Waals surface area contributed by atoms with E-state index in [1.54, 1.807) is 31.2 Å². The van der Waals surface area contributed by atoms with Crippen molar-refractivity contribution in [2.75, 3.05) is 23.4 Å². The molecule has 5 rings (SSSR count). The van der Waals surface area contributed by atoms with Crippen molar-refractivity contribution < 1.29 is 13.9 Å². The van der Waals surface area contributed by atoms with Crippen molar-refractivity contribution in [1.29, 1.82) is 0 Å². The monoisotopic (exact) mass is 509 g/mol. The zero-order valence-electron chi connectivity index (χ0n) is 21.0. The van der Waals surface area contributed by atoms with E-state index < -0.39 is 6.09 Å². The third kappa shape index (κ3) is 5.81. The summed E-state index contributed by atoms with van der Waals surface area (Å²) in [5.41, 5.74) is 3.86. The molecule has 192 valence electrons. The number of aromatic amines is 1. The van der Waals surface area contributed by atoms with Crippen LogP contribution in [0.25, 0.3) is 22.4 Å². The summed E-state index contributed by atoms with van der Waals surface area (Å²) in [6.45, 7) is 3.19. The Balaban J connectivity index is 1.60. The first kappa shape index (κ1) is 25.0. The van der Waals surface area contributed by atoms with Gasteiger partial charge >= 0.3 is 6.09 Å². The molecule has 0 aliphatic heterocycles. The molecule has 0 saturated heterocycles. The number of hydrogen-bond donors (Lipinski definition) is 2. The average Bonchev–Trinajstić information content (AvgIpc) is 3.36. The highest BCUT2D eigenvalue weighted by molar-refractivity contribution is 5.93. The van der Waals surface area contributed by atoms with Crippen LogP contribution in [-0.2, 0) is 17.7 Å². The molecule has 0 atom stereocenters. The zero-order valence-corrected chi connectivity index (χ0v) is 21.0. The number of anilines is 2. The van der Waals surface area contributed by atoms with Crippen LogP contribution in [0.15, 0.2) is 91.0 Å². The fourth-order valence-corrected chi connectivity index (χ4v) is 4.31. The van der Waals surface area contributed by atoms with Gasteiger partial charge in [0.2, 0.25) is 0 Å². The standard InChI is InChI=1S/C30H28FN5O2/c1-2-38-30(37)34-26-19-25-27(35-28(32-25)23-15-9-10-16-24(23)31)29(33-26)36(20-22-13-7-4-8-14-22)18-17-21-11-5-3-6-12-21/h3-16,19H,2,17-18,20H2,1H3,(H,32,35)(H,33,34,37). The molecule has 5 aromatic rings. The number of pyridine rings is 1. The Hall–Kier alpha value is -4.72. The maximum atomic E-state index is 14.6. The second-order valence-electron chi connectivity index (χ2n) is 8.78. The van der Waals surface area contributed by atoms with Gasteiger partial charge < -0.3 is 14.6 Å². The van der Waals surface area contributed by atoms with E-state index in [1.165, 1.54) is 11.6 Å². The first-order valence-corrected chi connectivity index (χ1v) is 12.5. The number of nitrogens with one attached hydrogen (secondary N) is 2. The summed E-state index contributed by atoms with van der Waals surface area (Å²) in [5.74, 6) is 0.897. The number of fused-ring (bicyclic) bond motifs is 1. The number of halogens is 1. The van der Waals surface area contributed by atoms with Crippen molar-refractivity contribution in [1.82, 2.24) is 15.0 Å². The molecule has 0 radical (unpaired) electrons. The molecular formula is C30H28FN5O2. The van der Waals surface area contributed by atoms with E-state index in [2.05, 4.69) is 39.5 Å². The summed E-state index contributed by atoms with van der Waals surface area (Å²) in [5, 5.41) is 2.71. The molecule has 0 aliphatic carbocycles. The molecule has 38 heavy (non-hydrogen) atoms. The van der Waals surface area contributed by atoms with E-state index in [0.717, 1.165) is 12.0 Å². The first-order chi connectivity index (χ1) is 18.6. The largest absolute Gasteiger partial charge is 0.450 e. The van der Waals surface area contributed by atoms with Crippen LogP contribution in [0, 0.1) is 5.82 Å². The zero-order chi connectivity index (χ0) is 26.3. The van der Waals surface area contributed by atoms with E-state index in [0.29, 0.717) is 47.1 Å². The molecule has 2 aromatic heterocycles. The molecule has 0 saturated carbocycles. The number of imidazole rings is 1. The van der Waals surface area contributed by atoms with Gasteiger partial charge in [0.05, 0.1) is 17.7 Å². The quantitative estimate of drug-likeness (QED) is 0.234. The normalized spacial score (nSPS) is 10.9. The molecule has 0 aliphatic rings. The van der Waals surface area contributed by atoms with Crippen molar-refractivity contribution in [2.24, 2.45) is 0 Å². The smallest absolute Gasteiger partial charge is 0.412 e. The summed E-state index contributed by atoms with van der Waals surface area (Å²) in [7, 11) is 0. The van der Waals surface area contributed by atoms with Gasteiger partial charge in [-0.05, 0) is 36.6 Å². The Bertz CT molecular complexity index is 1520. The Morgan fingerprint density at radius 2 is 1.63 bits per heavy atom. The van der Waals surface area contributed by atoms with E-state index >= 15 is 0 Å². The second-order valence-corrected chi connectivity index (χ2v) is 8.78. The van der Waals surface area contributed by atoms with Gasteiger partial charge in [0.1, 0.15) is 23.0 Å². The van der Waals surface area contributed by atoms with E-state index in [9.17, 15) is 9.18 Å². The highest BCUT2D eigenvalue weighted by Crippen LogP contribution is 2.31. The molecule has 1 amide bonds. The number of benzene rings is 3. The maximum absolute atomic E-state index is 14.6. The number of nitrogens with zero attached hydrogens (tertiary/aromatic N) is 3. The maximum Gasteiger partial charge on any atom is 0.412 e. The van der Waals surface area contributed by atoms with Gasteiger partial charge in [0.25, 0.3) is 0 Å². The molecule has 3 aromatic carbocycles. The number of hydrogen-bond acceptors (Lipinski definition) is 5. The lowest BCUT2D eigenvalue weighted by Gasteiger charge is -2.25. The average molecular weight is 510 g/mol. The van der Waals surface area contributed by atoms with Crippen LogP contribution in [0.4, 0.5) is 20.8 Å². The molecule has 7 nitrogen and oxygen atoms in total. The highest BCUT2D eigenvalue weighted by Gasteiger charge is 2.20. The second kappa shape index (κ2) is 11.6. The number of aromatic nitrogens is 3. The Morgan fingerprint density at radius 1 is 0.947 bits per heavy atom. The van der Waals surface area contributed by atoms with Crippen LogP contribution in [0.3, 0.4) is 0 Å². The first-order valence-electron chi connectivity index (χ1n) is 12.5. The number of amides is 1. The Kier molecular flexibility index (Phi) is 7.59. The van der Waals surface area contributed by atoms with Crippen molar-refractivity contribution >= 4 is 28.8 Å². The summed E-state index contributed by atoms with van der Waals surface area (Å²) < 4.78 is 19.7. The summed E-state index contributed by atoms with van der Waals surface area (Å²) >= 11 is 0. The predicted molar refractivity (Wildman–Crippen MR) is 148 cm³/mol. The van der Waals surface area contributed by atoms with Gasteiger partial charge in [0, 0.05) is 19.2 Å². The molecule has 0 spiro atoms. The van der Waals surface area contributed by atoms with Crippen LogP contribution < -0.4 is 10.2 Å². The van der Waals surface area contributed by atoms with Crippen LogP contribution in [-0.4, -0.2) is 34.2 Å². The van der Waals surface area contributed by atoms with Crippen LogP contribution >= 0.6 is 0 Å². The molecule has 0 fully saturated rings. The van der Waals surface area contributed by atoms with Gasteiger partial charge in [-0.2, -0.15) is 0 Å². The van der Waals surface area contributed by atoms with Crippen LogP contribution in [0.5, 0.6) is 0 Å². The van der Waals surface area contributed by atoms with Crippen molar-refractivity contribution in [3.05, 3.63) is 108 Å². The Labute approximate surface area is 220 Å². The van der Waals surface area contributed by atoms with Gasteiger partial charge in [-0.1, -0.05) is 72.8 Å². The number of ether oxygens (including phenoxy) is 1. The molecule has 2 N–H and O–H groups in total. The van der Waals surface area contributed by atoms with Gasteiger partial charge in [-0.25, -0.2) is 19.2 Å². The van der Waals surface area contributed by atoms with Crippen molar-refractivity contribution in [3.63, 3.8) is 0 Å². The fourth-order valence-electron chi connectivity index (χ4n) is 4.31. The number of carbonyl (C=O) groups excluding carboxylic acids is 1. The van der Waals surface area contributed by atoms with E-state index in [-0.39, 0.29) is 12.4 Å². The lowest BCUT2D eigenvalue weighted by molar-refractivity contribution is 0.168. The van der Waals surface area contributed by atoms with Crippen LogP contribution in [0.1, 0.15) is 18.1 Å². The molecule has 0 unspecified atom stereocenters. The summed E-state index contributed by atoms with van der Waals surface area (Å²) in [6, 6.07) is 28.5. The van der Waals surface area contributed by atoms with Crippen molar-refractivity contribution in [3.8, 4) is 11.4 Å². The Morgan fingerprint density at radius 3 is 2.34 bits per heavy atom. The lowest BCUT2D eigenvalue weighted by Crippen LogP contribution is -2.27. The minimum Gasteiger partial charge on any atom is -0.450 e. The van der Waals surface area contributed by atoms with E-state index in [4.69, 9.17) is 14.7 Å². The van der Waals surface area contributed by atoms with Crippen molar-refractivity contribution in [2.45, 2.75) is 19.9 Å². The minimum absolute atomic E-state index is 0.236. The fraction of sp³-hybridized carbons (Fsp3) is 0.167. The topological polar surface area (TPSA) is 83.1 Å². The SMILES string of the molecule is CCOC(=O)Nc1cc2[nH]c(-c3ccccc3F)nc2c(N(CCc2ccccc2)Cc2ccccc2)n1. The molecule has 2 heterocycles. The molecule has 0 bridgehead atoms. The third-order valence-corrected chi connectivity index (χ3v) is 6.11. The van der Waals surface area contributed by atoms with Gasteiger partial charge in [-0.3, -0.25) is 5.32 Å². The number of rotatable bonds is 9. The highest BCUT2D eigenvalue weighted by atomic mass is 19.1. The lowest BCUT2D eigenvalue weighted by atomic mass is 10.1. The predicted octanol–water partition coefficient (Wildman–Crippen LogP) is 6.58. The third-order valence-electron chi connectivity index (χ3n) is 6.11. The summed E-state index contributed by atoms with van der Waals surface area (Å²) in [6.07, 6.45) is 0.176. The molecule has 8 heteroatoms. The van der Waals surface area contributed by atoms with Crippen LogP contribution in [0.2, 0.25) is 0 Å². The number of carbonyl (C=O) groups is 1. The minimum atomic E-state index is -0.599.